The molecule has 1 aliphatic heterocycles. The Morgan fingerprint density at radius 3 is 2.65 bits per heavy atom. The third-order valence-corrected chi connectivity index (χ3v) is 5.39. The van der Waals surface area contributed by atoms with Crippen LogP contribution in [0, 0.1) is 5.82 Å². The Hall–Kier alpha value is -3.58. The van der Waals surface area contributed by atoms with E-state index in [1.54, 1.807) is 18.2 Å². The van der Waals surface area contributed by atoms with Crippen LogP contribution in [0.3, 0.4) is 0 Å². The van der Waals surface area contributed by atoms with Gasteiger partial charge in [-0.2, -0.15) is 0 Å². The van der Waals surface area contributed by atoms with Crippen molar-refractivity contribution in [3.05, 3.63) is 72.0 Å². The van der Waals surface area contributed by atoms with Gasteiger partial charge < -0.3 is 14.6 Å². The first kappa shape index (κ1) is 19.4. The van der Waals surface area contributed by atoms with Crippen LogP contribution in [0.2, 0.25) is 0 Å². The van der Waals surface area contributed by atoms with Crippen LogP contribution in [0.5, 0.6) is 0 Å². The maximum absolute atomic E-state index is 13.4. The van der Waals surface area contributed by atoms with E-state index >= 15 is 0 Å². The molecule has 1 N–H and O–H groups in total. The maximum Gasteiger partial charge on any atom is 0.259 e. The third-order valence-electron chi connectivity index (χ3n) is 5.39. The minimum Gasteiger partial charge on any atom is -0.376 e. The maximum atomic E-state index is 13.4. The van der Waals surface area contributed by atoms with E-state index in [9.17, 15) is 9.18 Å². The summed E-state index contributed by atoms with van der Waals surface area (Å²) in [7, 11) is 0. The van der Waals surface area contributed by atoms with Crippen LogP contribution in [-0.2, 0) is 4.74 Å². The van der Waals surface area contributed by atoms with Gasteiger partial charge in [-0.05, 0) is 43.2 Å². The number of carbonyl (C=O) groups is 1. The fourth-order valence-corrected chi connectivity index (χ4v) is 3.80. The third kappa shape index (κ3) is 3.92. The molecule has 2 aromatic carbocycles. The van der Waals surface area contributed by atoms with Gasteiger partial charge in [0.25, 0.3) is 11.6 Å². The Balaban J connectivity index is 1.60. The largest absolute Gasteiger partial charge is 0.376 e. The molecule has 5 rings (SSSR count). The lowest BCUT2D eigenvalue weighted by atomic mass is 10.0. The minimum atomic E-state index is -0.351. The standard InChI is InChI=1S/C24H20FN3O3/c25-17-10-8-16(9-11-17)22-21-19(23(29)26-14-18-7-4-12-30-18)13-20(27-24(21)31-28-22)15-5-2-1-3-6-15/h1-3,5-6,8-11,13,18H,4,7,12,14H2,(H,26,29)/t18-/m1/s1. The molecule has 0 saturated carbocycles. The summed E-state index contributed by atoms with van der Waals surface area (Å²) in [6, 6.07) is 17.2. The highest BCUT2D eigenvalue weighted by molar-refractivity contribution is 6.10. The van der Waals surface area contributed by atoms with E-state index in [0.29, 0.717) is 34.4 Å². The number of amides is 1. The van der Waals surface area contributed by atoms with Gasteiger partial charge >= 0.3 is 0 Å². The van der Waals surface area contributed by atoms with Crippen LogP contribution in [0.4, 0.5) is 4.39 Å². The van der Waals surface area contributed by atoms with Gasteiger partial charge in [-0.3, -0.25) is 4.79 Å². The number of pyridine rings is 1. The van der Waals surface area contributed by atoms with Crippen LogP contribution >= 0.6 is 0 Å². The molecule has 1 atom stereocenters. The number of hydrogen-bond donors (Lipinski definition) is 1. The van der Waals surface area contributed by atoms with Crippen molar-refractivity contribution in [3.63, 3.8) is 0 Å². The number of ether oxygens (including phenoxy) is 1. The average Bonchev–Trinajstić information content (AvgIpc) is 3.48. The Morgan fingerprint density at radius 2 is 1.90 bits per heavy atom. The lowest BCUT2D eigenvalue weighted by molar-refractivity contribution is 0.0859. The number of fused-ring (bicyclic) bond motifs is 1. The number of nitrogens with zero attached hydrogens (tertiary/aromatic N) is 2. The summed E-state index contributed by atoms with van der Waals surface area (Å²) < 4.78 is 24.5. The number of halogens is 1. The molecule has 3 heterocycles. The Labute approximate surface area is 178 Å². The topological polar surface area (TPSA) is 77.2 Å². The zero-order chi connectivity index (χ0) is 21.2. The van der Waals surface area contributed by atoms with Crippen molar-refractivity contribution >= 4 is 17.0 Å². The first-order valence-electron chi connectivity index (χ1n) is 10.2. The van der Waals surface area contributed by atoms with Crippen molar-refractivity contribution in [1.29, 1.82) is 0 Å². The quantitative estimate of drug-likeness (QED) is 0.513. The molecule has 6 nitrogen and oxygen atoms in total. The summed E-state index contributed by atoms with van der Waals surface area (Å²) in [5.74, 6) is -0.609. The second-order valence-electron chi connectivity index (χ2n) is 7.48. The Bertz CT molecular complexity index is 1220. The smallest absolute Gasteiger partial charge is 0.259 e. The second-order valence-corrected chi connectivity index (χ2v) is 7.48. The van der Waals surface area contributed by atoms with Gasteiger partial charge in [0.2, 0.25) is 0 Å². The lowest BCUT2D eigenvalue weighted by Gasteiger charge is -2.12. The number of carbonyl (C=O) groups excluding carboxylic acids is 1. The Morgan fingerprint density at radius 1 is 1.10 bits per heavy atom. The number of nitrogens with one attached hydrogen (secondary N) is 1. The summed E-state index contributed by atoms with van der Waals surface area (Å²) in [5.41, 5.74) is 3.21. The fraction of sp³-hybridized carbons (Fsp3) is 0.208. The molecule has 0 aliphatic carbocycles. The summed E-state index contributed by atoms with van der Waals surface area (Å²) >= 11 is 0. The van der Waals surface area contributed by atoms with Crippen molar-refractivity contribution in [3.8, 4) is 22.5 Å². The SMILES string of the molecule is O=C(NC[C@H]1CCCO1)c1cc(-c2ccccc2)nc2onc(-c3ccc(F)cc3)c12. The molecule has 0 unspecified atom stereocenters. The molecule has 4 aromatic rings. The second kappa shape index (κ2) is 8.28. The van der Waals surface area contributed by atoms with Crippen LogP contribution in [0.1, 0.15) is 23.2 Å². The van der Waals surface area contributed by atoms with E-state index in [4.69, 9.17) is 9.26 Å². The molecule has 0 radical (unpaired) electrons. The predicted molar refractivity (Wildman–Crippen MR) is 114 cm³/mol. The predicted octanol–water partition coefficient (Wildman–Crippen LogP) is 4.60. The molecule has 156 valence electrons. The molecule has 2 aromatic heterocycles. The van der Waals surface area contributed by atoms with Crippen LogP contribution in [0.25, 0.3) is 33.6 Å². The minimum absolute atomic E-state index is 0.0221. The van der Waals surface area contributed by atoms with Gasteiger partial charge in [0.1, 0.15) is 11.5 Å². The van der Waals surface area contributed by atoms with Crippen molar-refractivity contribution < 1.29 is 18.4 Å². The molecule has 31 heavy (non-hydrogen) atoms. The van der Waals surface area contributed by atoms with Gasteiger partial charge in [-0.15, -0.1) is 0 Å². The summed E-state index contributed by atoms with van der Waals surface area (Å²) in [5, 5.41) is 7.61. The van der Waals surface area contributed by atoms with Crippen LogP contribution < -0.4 is 5.32 Å². The van der Waals surface area contributed by atoms with E-state index < -0.39 is 0 Å². The van der Waals surface area contributed by atoms with Crippen molar-refractivity contribution in [2.45, 2.75) is 18.9 Å². The van der Waals surface area contributed by atoms with E-state index in [1.807, 2.05) is 30.3 Å². The molecule has 1 aliphatic rings. The zero-order valence-corrected chi connectivity index (χ0v) is 16.7. The van der Waals surface area contributed by atoms with Gasteiger partial charge in [0, 0.05) is 24.3 Å². The van der Waals surface area contributed by atoms with Gasteiger partial charge in [-0.1, -0.05) is 35.5 Å². The molecule has 1 saturated heterocycles. The van der Waals surface area contributed by atoms with Crippen molar-refractivity contribution in [2.24, 2.45) is 0 Å². The highest BCUT2D eigenvalue weighted by atomic mass is 19.1. The number of benzene rings is 2. The zero-order valence-electron chi connectivity index (χ0n) is 16.7. The Kier molecular flexibility index (Phi) is 5.18. The molecular formula is C24H20FN3O3. The number of hydrogen-bond acceptors (Lipinski definition) is 5. The molecular weight excluding hydrogens is 397 g/mol. The van der Waals surface area contributed by atoms with Crippen LogP contribution in [0.15, 0.2) is 65.2 Å². The average molecular weight is 417 g/mol. The van der Waals surface area contributed by atoms with E-state index in [2.05, 4.69) is 15.5 Å². The van der Waals surface area contributed by atoms with Crippen molar-refractivity contribution in [2.75, 3.05) is 13.2 Å². The van der Waals surface area contributed by atoms with E-state index in [0.717, 1.165) is 25.0 Å². The molecule has 1 amide bonds. The lowest BCUT2D eigenvalue weighted by Crippen LogP contribution is -2.32. The van der Waals surface area contributed by atoms with Gasteiger partial charge in [-0.25, -0.2) is 9.37 Å². The number of rotatable bonds is 5. The highest BCUT2D eigenvalue weighted by Crippen LogP contribution is 2.32. The summed E-state index contributed by atoms with van der Waals surface area (Å²) in [6.07, 6.45) is 1.95. The van der Waals surface area contributed by atoms with Crippen LogP contribution in [-0.4, -0.2) is 35.3 Å². The summed E-state index contributed by atoms with van der Waals surface area (Å²) in [4.78, 5) is 17.8. The highest BCUT2D eigenvalue weighted by Gasteiger charge is 2.23. The molecule has 7 heteroatoms. The molecule has 0 bridgehead atoms. The van der Waals surface area contributed by atoms with E-state index in [-0.39, 0.29) is 23.5 Å². The summed E-state index contributed by atoms with van der Waals surface area (Å²) in [6.45, 7) is 1.15. The fourth-order valence-electron chi connectivity index (χ4n) is 3.80. The monoisotopic (exact) mass is 417 g/mol. The van der Waals surface area contributed by atoms with Crippen molar-refractivity contribution in [1.82, 2.24) is 15.5 Å². The normalized spacial score (nSPS) is 16.0. The molecule has 1 fully saturated rings. The van der Waals surface area contributed by atoms with E-state index in [1.165, 1.54) is 12.1 Å². The van der Waals surface area contributed by atoms with Gasteiger partial charge in [0.15, 0.2) is 0 Å². The molecule has 0 spiro atoms. The van der Waals surface area contributed by atoms with Gasteiger partial charge in [0.05, 0.1) is 22.7 Å². The first-order valence-corrected chi connectivity index (χ1v) is 10.2. The first-order chi connectivity index (χ1) is 15.2. The number of aromatic nitrogens is 2.